The molecule has 1 saturated heterocycles. The quantitative estimate of drug-likeness (QED) is 0.188. The smallest absolute Gasteiger partial charge is 0.353 e. The Kier molecular flexibility index (Phi) is 5.35. The Bertz CT molecular complexity index is 1080. The maximum Gasteiger partial charge on any atom is 0.353 e. The van der Waals surface area contributed by atoms with Gasteiger partial charge in [0.2, 0.25) is 11.5 Å². The number of nitrogen functional groups attached to an aromatic ring is 1. The number of nitrogens with one attached hydrogen (secondary N) is 1. The number of carboxylic acid groups (broad SMARTS) is 1. The molecule has 0 aromatic carbocycles. The summed E-state index contributed by atoms with van der Waals surface area (Å²) in [7, 11) is 0. The summed E-state index contributed by atoms with van der Waals surface area (Å²) in [5, 5.41) is 30.4. The van der Waals surface area contributed by atoms with Gasteiger partial charge in [0.15, 0.2) is 5.13 Å². The number of allylic oxidation sites excluding steroid dienone is 1. The molecule has 2 aliphatic heterocycles. The topological polar surface area (TPSA) is 197 Å². The number of carboxylic acids is 1. The summed E-state index contributed by atoms with van der Waals surface area (Å²) >= 11 is 3.10. The first-order chi connectivity index (χ1) is 14.4. The molecule has 0 bridgehead atoms. The van der Waals surface area contributed by atoms with E-state index in [0.29, 0.717) is 22.8 Å². The normalized spacial score (nSPS) is 21.3. The molecule has 16 heteroatoms. The van der Waals surface area contributed by atoms with E-state index >= 15 is 0 Å². The van der Waals surface area contributed by atoms with Crippen molar-refractivity contribution in [2.24, 2.45) is 5.16 Å². The molecular formula is C14H12N8O5S3. The van der Waals surface area contributed by atoms with E-state index in [-0.39, 0.29) is 16.7 Å². The number of rotatable bonds is 6. The molecule has 2 amide bonds. The number of amides is 2. The maximum atomic E-state index is 12.7. The van der Waals surface area contributed by atoms with Gasteiger partial charge >= 0.3 is 5.97 Å². The summed E-state index contributed by atoms with van der Waals surface area (Å²) in [5.74, 6) is -2.87. The first-order valence-corrected chi connectivity index (χ1v) is 10.7. The number of thioether (sulfide) groups is 1. The molecule has 13 nitrogen and oxygen atoms in total. The highest BCUT2D eigenvalue weighted by Gasteiger charge is 2.54. The van der Waals surface area contributed by atoms with Gasteiger partial charge in [-0.3, -0.25) is 14.5 Å². The third kappa shape index (κ3) is 3.48. The number of β-lactam (4-membered cyclic amide) rings is 1. The van der Waals surface area contributed by atoms with Crippen LogP contribution < -0.4 is 11.1 Å². The van der Waals surface area contributed by atoms with E-state index in [4.69, 9.17) is 10.9 Å². The first-order valence-electron chi connectivity index (χ1n) is 8.27. The number of oxime groups is 1. The Balaban J connectivity index is 1.52. The molecule has 156 valence electrons. The van der Waals surface area contributed by atoms with Gasteiger partial charge in [-0.2, -0.15) is 9.36 Å². The molecule has 0 unspecified atom stereocenters. The second kappa shape index (κ2) is 7.96. The number of aliphatic carboxylic acids is 1. The number of nitrogens with zero attached hydrogens (tertiary/aromatic N) is 6. The average Bonchev–Trinajstić information content (AvgIpc) is 3.38. The standard InChI is InChI=1S/C14H12N8O5S3/c15-14-17-10(20-30-14)8(19-27)11(23)16-7-4-1-2-5(29-6-3-28-21-18-6)9(13(25)26)22(4)12(7)24/h3-4,7,27H,1-2H2,(H,16,23)(H,25,26)(H2,15,17,20)/b19-8-/t4-,7+/m1/s1. The maximum absolute atomic E-state index is 12.7. The number of hydrogen-bond donors (Lipinski definition) is 4. The van der Waals surface area contributed by atoms with Crippen LogP contribution in [0.4, 0.5) is 5.13 Å². The highest BCUT2D eigenvalue weighted by Crippen LogP contribution is 2.42. The minimum atomic E-state index is -1.25. The lowest BCUT2D eigenvalue weighted by atomic mass is 9.86. The Morgan fingerprint density at radius 3 is 2.83 bits per heavy atom. The SMILES string of the molecule is Nc1nc(/C(=N/O)C(=O)N[C@@H]2C(=O)N3C(C(=O)O)=C(Sc4csnn4)CC[C@H]23)ns1. The third-order valence-electron chi connectivity index (χ3n) is 4.42. The van der Waals surface area contributed by atoms with Crippen LogP contribution in [-0.4, -0.2) is 69.7 Å². The van der Waals surface area contributed by atoms with E-state index in [9.17, 15) is 19.5 Å². The third-order valence-corrected chi connectivity index (χ3v) is 6.67. The second-order valence-electron chi connectivity index (χ2n) is 6.09. The molecule has 0 aliphatic carbocycles. The van der Waals surface area contributed by atoms with Crippen molar-refractivity contribution < 1.29 is 24.7 Å². The van der Waals surface area contributed by atoms with E-state index in [1.54, 1.807) is 5.38 Å². The molecule has 30 heavy (non-hydrogen) atoms. The Morgan fingerprint density at radius 2 is 2.23 bits per heavy atom. The molecular weight excluding hydrogens is 456 g/mol. The lowest BCUT2D eigenvalue weighted by Gasteiger charge is -2.49. The minimum absolute atomic E-state index is 0.0775. The Hall–Kier alpha value is -3.11. The van der Waals surface area contributed by atoms with Crippen LogP contribution in [0.25, 0.3) is 0 Å². The number of aromatic nitrogens is 4. The molecule has 4 rings (SSSR count). The predicted molar refractivity (Wildman–Crippen MR) is 105 cm³/mol. The van der Waals surface area contributed by atoms with Gasteiger partial charge in [0.25, 0.3) is 11.8 Å². The summed E-state index contributed by atoms with van der Waals surface area (Å²) < 4.78 is 7.54. The summed E-state index contributed by atoms with van der Waals surface area (Å²) in [6, 6.07) is -1.51. The monoisotopic (exact) mass is 468 g/mol. The molecule has 5 N–H and O–H groups in total. The molecule has 0 radical (unpaired) electrons. The van der Waals surface area contributed by atoms with Crippen LogP contribution >= 0.6 is 34.8 Å². The predicted octanol–water partition coefficient (Wildman–Crippen LogP) is -0.272. The van der Waals surface area contributed by atoms with Crippen LogP contribution in [0.3, 0.4) is 0 Å². The molecule has 0 spiro atoms. The van der Waals surface area contributed by atoms with Gasteiger partial charge in [0.05, 0.1) is 6.04 Å². The van der Waals surface area contributed by atoms with Crippen molar-refractivity contribution in [3.8, 4) is 0 Å². The molecule has 4 heterocycles. The number of fused-ring (bicyclic) bond motifs is 1. The summed E-state index contributed by atoms with van der Waals surface area (Å²) in [5.41, 5.74) is 4.84. The van der Waals surface area contributed by atoms with E-state index < -0.39 is 35.6 Å². The van der Waals surface area contributed by atoms with Crippen LogP contribution in [0, 0.1) is 0 Å². The average molecular weight is 469 g/mol. The number of anilines is 1. The van der Waals surface area contributed by atoms with Gasteiger partial charge in [-0.05, 0) is 24.4 Å². The number of carbonyl (C=O) groups excluding carboxylic acids is 2. The Labute approximate surface area is 180 Å². The van der Waals surface area contributed by atoms with Crippen molar-refractivity contribution in [3.05, 3.63) is 21.8 Å². The molecule has 1 fully saturated rings. The number of carbonyl (C=O) groups is 3. The zero-order chi connectivity index (χ0) is 21.4. The fraction of sp³-hybridized carbons (Fsp3) is 0.286. The van der Waals surface area contributed by atoms with Crippen molar-refractivity contribution in [1.82, 2.24) is 29.2 Å². The summed E-state index contributed by atoms with van der Waals surface area (Å²) in [6.45, 7) is 0. The van der Waals surface area contributed by atoms with Gasteiger partial charge in [0, 0.05) is 21.8 Å². The Morgan fingerprint density at radius 1 is 1.43 bits per heavy atom. The van der Waals surface area contributed by atoms with Gasteiger partial charge in [0.1, 0.15) is 16.8 Å². The van der Waals surface area contributed by atoms with Gasteiger partial charge in [-0.25, -0.2) is 4.79 Å². The largest absolute Gasteiger partial charge is 0.477 e. The van der Waals surface area contributed by atoms with E-state index in [1.807, 2.05) is 0 Å². The molecule has 2 atom stereocenters. The molecule has 0 saturated carbocycles. The van der Waals surface area contributed by atoms with E-state index in [0.717, 1.165) is 39.7 Å². The van der Waals surface area contributed by atoms with Crippen molar-refractivity contribution in [2.75, 3.05) is 5.73 Å². The second-order valence-corrected chi connectivity index (χ2v) is 8.60. The highest BCUT2D eigenvalue weighted by molar-refractivity contribution is 8.03. The lowest BCUT2D eigenvalue weighted by Crippen LogP contribution is -2.72. The molecule has 2 aromatic heterocycles. The molecule has 2 aromatic rings. The minimum Gasteiger partial charge on any atom is -0.477 e. The summed E-state index contributed by atoms with van der Waals surface area (Å²) in [4.78, 5) is 42.4. The van der Waals surface area contributed by atoms with Crippen molar-refractivity contribution >= 4 is 63.5 Å². The van der Waals surface area contributed by atoms with Gasteiger partial charge in [-0.15, -0.1) is 5.10 Å². The van der Waals surface area contributed by atoms with Gasteiger partial charge in [-0.1, -0.05) is 21.4 Å². The van der Waals surface area contributed by atoms with E-state index in [1.165, 1.54) is 0 Å². The number of hydrogen-bond acceptors (Lipinski definition) is 13. The van der Waals surface area contributed by atoms with Gasteiger partial charge < -0.3 is 21.4 Å². The van der Waals surface area contributed by atoms with Crippen LogP contribution in [0.5, 0.6) is 0 Å². The molecule has 2 aliphatic rings. The van der Waals surface area contributed by atoms with Crippen molar-refractivity contribution in [1.29, 1.82) is 0 Å². The first kappa shape index (κ1) is 20.2. The zero-order valence-corrected chi connectivity index (χ0v) is 17.2. The fourth-order valence-corrected chi connectivity index (χ4v) is 5.15. The zero-order valence-electron chi connectivity index (χ0n) is 14.8. The van der Waals surface area contributed by atoms with Crippen LogP contribution in [0.15, 0.2) is 26.2 Å². The van der Waals surface area contributed by atoms with E-state index in [2.05, 4.69) is 29.4 Å². The van der Waals surface area contributed by atoms with Crippen molar-refractivity contribution in [2.45, 2.75) is 30.0 Å². The van der Waals surface area contributed by atoms with Crippen molar-refractivity contribution in [3.63, 3.8) is 0 Å². The van der Waals surface area contributed by atoms with Crippen LogP contribution in [0.1, 0.15) is 18.7 Å². The fourth-order valence-electron chi connectivity index (χ4n) is 3.19. The lowest BCUT2D eigenvalue weighted by molar-refractivity contribution is -0.155. The summed E-state index contributed by atoms with van der Waals surface area (Å²) in [6.07, 6.45) is 0.816. The number of nitrogens with two attached hydrogens (primary N) is 1. The van der Waals surface area contributed by atoms with Crippen LogP contribution in [0.2, 0.25) is 0 Å². The van der Waals surface area contributed by atoms with Crippen LogP contribution in [-0.2, 0) is 14.4 Å². The highest BCUT2D eigenvalue weighted by atomic mass is 32.2.